The fourth-order valence-electron chi connectivity index (χ4n) is 3.23. The number of nitrogen functional groups attached to an aromatic ring is 1. The van der Waals surface area contributed by atoms with Crippen LogP contribution >= 0.6 is 0 Å². The zero-order chi connectivity index (χ0) is 15.6. The Morgan fingerprint density at radius 3 is 2.71 bits per heavy atom. The van der Waals surface area contributed by atoms with E-state index in [-0.39, 0.29) is 11.7 Å². The van der Waals surface area contributed by atoms with E-state index in [1.165, 1.54) is 12.5 Å². The Hall–Kier alpha value is -1.71. The summed E-state index contributed by atoms with van der Waals surface area (Å²) in [4.78, 5) is 11.3. The quantitative estimate of drug-likeness (QED) is 0.827. The Labute approximate surface area is 126 Å². The van der Waals surface area contributed by atoms with Crippen molar-refractivity contribution in [3.8, 4) is 5.75 Å². The molecule has 116 valence electrons. The number of anilines is 1. The first-order valence-electron chi connectivity index (χ1n) is 7.68. The summed E-state index contributed by atoms with van der Waals surface area (Å²) in [5.74, 6) is 1.02. The van der Waals surface area contributed by atoms with Gasteiger partial charge in [0, 0.05) is 11.8 Å². The number of carboxylic acids is 1. The van der Waals surface area contributed by atoms with Gasteiger partial charge in [0.25, 0.3) is 0 Å². The first kappa shape index (κ1) is 15.7. The number of benzene rings is 1. The van der Waals surface area contributed by atoms with Gasteiger partial charge in [0.15, 0.2) is 0 Å². The second-order valence-corrected chi connectivity index (χ2v) is 6.54. The Bertz CT molecular complexity index is 513. The third-order valence-electron chi connectivity index (χ3n) is 4.48. The number of rotatable bonds is 4. The minimum Gasteiger partial charge on any atom is -0.489 e. The summed E-state index contributed by atoms with van der Waals surface area (Å²) >= 11 is 0. The third kappa shape index (κ3) is 3.69. The molecule has 3 N–H and O–H groups in total. The maximum Gasteiger partial charge on any atom is 0.339 e. The standard InChI is InChI=1S/C17H25NO3/c1-10(2)13-6-4-11(3)8-15(13)21-16-9-12(18)5-7-14(16)17(19)20/h5,7,9-11,13,15H,4,6,8,18H2,1-3H3,(H,19,20). The molecule has 21 heavy (non-hydrogen) atoms. The van der Waals surface area contributed by atoms with E-state index in [4.69, 9.17) is 10.5 Å². The molecule has 0 heterocycles. The summed E-state index contributed by atoms with van der Waals surface area (Å²) in [6.07, 6.45) is 3.38. The van der Waals surface area contributed by atoms with Crippen molar-refractivity contribution in [1.29, 1.82) is 0 Å². The van der Waals surface area contributed by atoms with E-state index in [9.17, 15) is 9.90 Å². The molecule has 4 heteroatoms. The van der Waals surface area contributed by atoms with Crippen LogP contribution in [0.5, 0.6) is 5.75 Å². The largest absolute Gasteiger partial charge is 0.489 e. The van der Waals surface area contributed by atoms with Crippen molar-refractivity contribution in [2.45, 2.75) is 46.1 Å². The topological polar surface area (TPSA) is 72.5 Å². The normalized spacial score (nSPS) is 25.8. The lowest BCUT2D eigenvalue weighted by atomic mass is 9.75. The molecule has 0 aliphatic heterocycles. The highest BCUT2D eigenvalue weighted by Crippen LogP contribution is 2.37. The molecular formula is C17H25NO3. The van der Waals surface area contributed by atoms with Crippen molar-refractivity contribution in [3.63, 3.8) is 0 Å². The lowest BCUT2D eigenvalue weighted by Crippen LogP contribution is -2.36. The Morgan fingerprint density at radius 2 is 2.10 bits per heavy atom. The van der Waals surface area contributed by atoms with Crippen LogP contribution in [0.4, 0.5) is 5.69 Å². The first-order chi connectivity index (χ1) is 9.88. The van der Waals surface area contributed by atoms with Crippen LogP contribution < -0.4 is 10.5 Å². The highest BCUT2D eigenvalue weighted by atomic mass is 16.5. The van der Waals surface area contributed by atoms with Crippen LogP contribution in [0.3, 0.4) is 0 Å². The molecule has 3 atom stereocenters. The minimum atomic E-state index is -0.977. The lowest BCUT2D eigenvalue weighted by molar-refractivity contribution is 0.0437. The van der Waals surface area contributed by atoms with Gasteiger partial charge < -0.3 is 15.6 Å². The number of carboxylic acid groups (broad SMARTS) is 1. The smallest absolute Gasteiger partial charge is 0.339 e. The van der Waals surface area contributed by atoms with Gasteiger partial charge in [-0.25, -0.2) is 4.79 Å². The second-order valence-electron chi connectivity index (χ2n) is 6.54. The Morgan fingerprint density at radius 1 is 1.38 bits per heavy atom. The third-order valence-corrected chi connectivity index (χ3v) is 4.48. The number of carbonyl (C=O) groups is 1. The Kier molecular flexibility index (Phi) is 4.76. The van der Waals surface area contributed by atoms with Gasteiger partial charge in [-0.15, -0.1) is 0 Å². The van der Waals surface area contributed by atoms with Gasteiger partial charge in [0.1, 0.15) is 17.4 Å². The van der Waals surface area contributed by atoms with E-state index < -0.39 is 5.97 Å². The van der Waals surface area contributed by atoms with Gasteiger partial charge >= 0.3 is 5.97 Å². The summed E-state index contributed by atoms with van der Waals surface area (Å²) < 4.78 is 6.11. The maximum absolute atomic E-state index is 11.3. The molecule has 1 fully saturated rings. The average Bonchev–Trinajstić information content (AvgIpc) is 2.38. The van der Waals surface area contributed by atoms with Gasteiger partial charge in [0.2, 0.25) is 0 Å². The molecule has 0 radical (unpaired) electrons. The van der Waals surface area contributed by atoms with E-state index in [0.717, 1.165) is 12.8 Å². The van der Waals surface area contributed by atoms with Crippen molar-refractivity contribution in [1.82, 2.24) is 0 Å². The van der Waals surface area contributed by atoms with E-state index in [2.05, 4.69) is 20.8 Å². The van der Waals surface area contributed by atoms with Gasteiger partial charge in [-0.1, -0.05) is 27.2 Å². The molecule has 0 spiro atoms. The highest BCUT2D eigenvalue weighted by Gasteiger charge is 2.33. The molecule has 0 bridgehead atoms. The van der Waals surface area contributed by atoms with Crippen LogP contribution in [0.15, 0.2) is 18.2 Å². The molecule has 0 amide bonds. The van der Waals surface area contributed by atoms with E-state index in [1.54, 1.807) is 12.1 Å². The number of ether oxygens (including phenoxy) is 1. The van der Waals surface area contributed by atoms with Gasteiger partial charge in [-0.05, 0) is 42.7 Å². The average molecular weight is 291 g/mol. The molecular weight excluding hydrogens is 266 g/mol. The maximum atomic E-state index is 11.3. The fourth-order valence-corrected chi connectivity index (χ4v) is 3.23. The van der Waals surface area contributed by atoms with E-state index in [1.807, 2.05) is 0 Å². The molecule has 1 aromatic rings. The molecule has 4 nitrogen and oxygen atoms in total. The molecule has 0 aromatic heterocycles. The SMILES string of the molecule is CC1CCC(C(C)C)C(Oc2cc(N)ccc2C(=O)O)C1. The van der Waals surface area contributed by atoms with Crippen LogP contribution in [0.2, 0.25) is 0 Å². The summed E-state index contributed by atoms with van der Waals surface area (Å²) in [6.45, 7) is 6.63. The number of hydrogen-bond donors (Lipinski definition) is 2. The first-order valence-corrected chi connectivity index (χ1v) is 7.68. The lowest BCUT2D eigenvalue weighted by Gasteiger charge is -2.37. The highest BCUT2D eigenvalue weighted by molar-refractivity contribution is 5.91. The van der Waals surface area contributed by atoms with Crippen LogP contribution in [-0.2, 0) is 0 Å². The minimum absolute atomic E-state index is 0.0636. The fraction of sp³-hybridized carbons (Fsp3) is 0.588. The predicted molar refractivity (Wildman–Crippen MR) is 83.6 cm³/mol. The van der Waals surface area contributed by atoms with Crippen LogP contribution in [-0.4, -0.2) is 17.2 Å². The number of hydrogen-bond acceptors (Lipinski definition) is 3. The van der Waals surface area contributed by atoms with Crippen molar-refractivity contribution >= 4 is 11.7 Å². The summed E-state index contributed by atoms with van der Waals surface area (Å²) in [7, 11) is 0. The zero-order valence-corrected chi connectivity index (χ0v) is 13.0. The molecule has 2 rings (SSSR count). The molecule has 1 aliphatic carbocycles. The van der Waals surface area contributed by atoms with Crippen LogP contribution in [0, 0.1) is 17.8 Å². The van der Waals surface area contributed by atoms with Crippen molar-refractivity contribution in [2.75, 3.05) is 5.73 Å². The van der Waals surface area contributed by atoms with Crippen molar-refractivity contribution < 1.29 is 14.6 Å². The monoisotopic (exact) mass is 291 g/mol. The zero-order valence-electron chi connectivity index (χ0n) is 13.0. The number of aromatic carboxylic acids is 1. The summed E-state index contributed by atoms with van der Waals surface area (Å²) in [5.41, 5.74) is 6.49. The molecule has 1 saturated carbocycles. The van der Waals surface area contributed by atoms with Crippen molar-refractivity contribution in [3.05, 3.63) is 23.8 Å². The van der Waals surface area contributed by atoms with Gasteiger partial charge in [-0.3, -0.25) is 0 Å². The molecule has 1 aromatic carbocycles. The second kappa shape index (κ2) is 6.37. The van der Waals surface area contributed by atoms with Gasteiger partial charge in [0.05, 0.1) is 0 Å². The summed E-state index contributed by atoms with van der Waals surface area (Å²) in [5, 5.41) is 9.29. The van der Waals surface area contributed by atoms with Crippen LogP contribution in [0.25, 0.3) is 0 Å². The molecule has 0 saturated heterocycles. The summed E-state index contributed by atoms with van der Waals surface area (Å²) in [6, 6.07) is 4.74. The van der Waals surface area contributed by atoms with E-state index >= 15 is 0 Å². The molecule has 3 unspecified atom stereocenters. The van der Waals surface area contributed by atoms with E-state index in [0.29, 0.717) is 29.2 Å². The van der Waals surface area contributed by atoms with Crippen LogP contribution in [0.1, 0.15) is 50.4 Å². The Balaban J connectivity index is 2.26. The molecule has 1 aliphatic rings. The van der Waals surface area contributed by atoms with Crippen molar-refractivity contribution in [2.24, 2.45) is 17.8 Å². The van der Waals surface area contributed by atoms with Gasteiger partial charge in [-0.2, -0.15) is 0 Å². The predicted octanol–water partition coefficient (Wildman–Crippen LogP) is 3.81. The number of nitrogens with two attached hydrogens (primary N) is 1.